The Labute approximate surface area is 93.6 Å². The van der Waals surface area contributed by atoms with Crippen molar-refractivity contribution in [3.8, 4) is 0 Å². The van der Waals surface area contributed by atoms with Crippen molar-refractivity contribution in [2.24, 2.45) is 0 Å². The van der Waals surface area contributed by atoms with Crippen LogP contribution in [0, 0.1) is 0 Å². The van der Waals surface area contributed by atoms with Crippen LogP contribution in [0.5, 0.6) is 0 Å². The predicted octanol–water partition coefficient (Wildman–Crippen LogP) is 2.50. The molecular weight excluding hydrogens is 214 g/mol. The highest BCUT2D eigenvalue weighted by Crippen LogP contribution is 2.27. The Kier molecular flexibility index (Phi) is 3.74. The molecule has 0 spiro atoms. The molecule has 0 radical (unpaired) electrons. The molecule has 1 N–H and O–H groups in total. The fraction of sp³-hybridized carbons (Fsp3) is 0.182. The third kappa shape index (κ3) is 2.99. The molecular formula is C11H12ClNO2. The van der Waals surface area contributed by atoms with E-state index in [4.69, 9.17) is 16.7 Å². The Morgan fingerprint density at radius 2 is 2.13 bits per heavy atom. The van der Waals surface area contributed by atoms with E-state index < -0.39 is 5.97 Å². The van der Waals surface area contributed by atoms with E-state index in [2.05, 4.69) is 0 Å². The van der Waals surface area contributed by atoms with Gasteiger partial charge >= 0.3 is 5.97 Å². The zero-order valence-corrected chi connectivity index (χ0v) is 9.32. The van der Waals surface area contributed by atoms with E-state index >= 15 is 0 Å². The summed E-state index contributed by atoms with van der Waals surface area (Å²) in [5, 5.41) is 9.09. The first kappa shape index (κ1) is 11.6. The maximum atomic E-state index is 10.4. The van der Waals surface area contributed by atoms with E-state index in [1.807, 2.05) is 31.1 Å². The molecule has 0 aliphatic rings. The lowest BCUT2D eigenvalue weighted by Crippen LogP contribution is -2.10. The Morgan fingerprint density at radius 1 is 1.47 bits per heavy atom. The second kappa shape index (κ2) is 4.84. The minimum atomic E-state index is -0.986. The number of hydrogen-bond acceptors (Lipinski definition) is 2. The average molecular weight is 226 g/mol. The number of carbonyl (C=O) groups is 1. The molecule has 3 nitrogen and oxygen atoms in total. The third-order valence-corrected chi connectivity index (χ3v) is 2.23. The molecule has 0 amide bonds. The molecule has 1 aromatic rings. The van der Waals surface area contributed by atoms with Gasteiger partial charge in [0.1, 0.15) is 0 Å². The largest absolute Gasteiger partial charge is 0.478 e. The first-order valence-electron chi connectivity index (χ1n) is 4.39. The number of benzene rings is 1. The molecule has 15 heavy (non-hydrogen) atoms. The topological polar surface area (TPSA) is 40.5 Å². The van der Waals surface area contributed by atoms with Crippen LogP contribution in [-0.2, 0) is 4.79 Å². The second-order valence-electron chi connectivity index (χ2n) is 3.24. The third-order valence-electron chi connectivity index (χ3n) is 1.90. The number of nitrogens with zero attached hydrogens (tertiary/aromatic N) is 1. The van der Waals surface area contributed by atoms with Crippen LogP contribution in [0.3, 0.4) is 0 Å². The van der Waals surface area contributed by atoms with Crippen molar-refractivity contribution in [2.45, 2.75) is 0 Å². The summed E-state index contributed by atoms with van der Waals surface area (Å²) in [6, 6.07) is 5.44. The van der Waals surface area contributed by atoms with Crippen molar-refractivity contribution < 1.29 is 9.90 Å². The van der Waals surface area contributed by atoms with Gasteiger partial charge in [-0.05, 0) is 18.2 Å². The van der Waals surface area contributed by atoms with Gasteiger partial charge in [0, 0.05) is 36.4 Å². The van der Waals surface area contributed by atoms with Crippen molar-refractivity contribution in [3.63, 3.8) is 0 Å². The minimum absolute atomic E-state index is 0.540. The maximum Gasteiger partial charge on any atom is 0.328 e. The van der Waals surface area contributed by atoms with Crippen LogP contribution >= 0.6 is 11.6 Å². The van der Waals surface area contributed by atoms with E-state index in [0.717, 1.165) is 11.8 Å². The smallest absolute Gasteiger partial charge is 0.328 e. The number of rotatable bonds is 3. The summed E-state index contributed by atoms with van der Waals surface area (Å²) in [5.41, 5.74) is 1.60. The van der Waals surface area contributed by atoms with Gasteiger partial charge < -0.3 is 10.0 Å². The molecule has 80 valence electrons. The molecule has 1 rings (SSSR count). The minimum Gasteiger partial charge on any atom is -0.478 e. The molecule has 0 heterocycles. The van der Waals surface area contributed by atoms with Crippen LogP contribution in [0.15, 0.2) is 24.3 Å². The Bertz CT molecular complexity index is 400. The van der Waals surface area contributed by atoms with Gasteiger partial charge in [-0.2, -0.15) is 0 Å². The summed E-state index contributed by atoms with van der Waals surface area (Å²) in [7, 11) is 3.76. The molecule has 0 saturated heterocycles. The Hall–Kier alpha value is -1.48. The lowest BCUT2D eigenvalue weighted by atomic mass is 10.1. The summed E-state index contributed by atoms with van der Waals surface area (Å²) in [6.45, 7) is 0. The lowest BCUT2D eigenvalue weighted by Gasteiger charge is -2.16. The van der Waals surface area contributed by atoms with Gasteiger partial charge in [-0.25, -0.2) is 4.79 Å². The highest BCUT2D eigenvalue weighted by molar-refractivity contribution is 6.32. The van der Waals surface area contributed by atoms with Crippen molar-refractivity contribution in [1.82, 2.24) is 0 Å². The fourth-order valence-electron chi connectivity index (χ4n) is 1.24. The zero-order valence-electron chi connectivity index (χ0n) is 8.57. The van der Waals surface area contributed by atoms with Gasteiger partial charge in [-0.1, -0.05) is 17.7 Å². The van der Waals surface area contributed by atoms with Gasteiger partial charge in [-0.3, -0.25) is 0 Å². The van der Waals surface area contributed by atoms with Crippen molar-refractivity contribution in [3.05, 3.63) is 34.9 Å². The standard InChI is InChI=1S/C11H12ClNO2/c1-13(2)10-5-3-4-9(12)8(10)6-7-11(14)15/h3-7H,1-2H3,(H,14,15)/b7-6+. The number of anilines is 1. The van der Waals surface area contributed by atoms with Gasteiger partial charge in [0.2, 0.25) is 0 Å². The van der Waals surface area contributed by atoms with Gasteiger partial charge in [0.15, 0.2) is 0 Å². The van der Waals surface area contributed by atoms with Crippen molar-refractivity contribution >= 4 is 29.3 Å². The molecule has 1 aromatic carbocycles. The van der Waals surface area contributed by atoms with Crippen LogP contribution in [-0.4, -0.2) is 25.2 Å². The molecule has 0 aromatic heterocycles. The zero-order chi connectivity index (χ0) is 11.4. The summed E-state index contributed by atoms with van der Waals surface area (Å²) < 4.78 is 0. The highest BCUT2D eigenvalue weighted by atomic mass is 35.5. The van der Waals surface area contributed by atoms with Crippen LogP contribution < -0.4 is 4.90 Å². The summed E-state index contributed by atoms with van der Waals surface area (Å²) in [6.07, 6.45) is 2.58. The predicted molar refractivity (Wildman–Crippen MR) is 62.4 cm³/mol. The molecule has 0 fully saturated rings. The Morgan fingerprint density at radius 3 is 2.67 bits per heavy atom. The van der Waals surface area contributed by atoms with Crippen LogP contribution in [0.2, 0.25) is 5.02 Å². The van der Waals surface area contributed by atoms with E-state index in [-0.39, 0.29) is 0 Å². The average Bonchev–Trinajstić information content (AvgIpc) is 2.15. The molecule has 4 heteroatoms. The van der Waals surface area contributed by atoms with E-state index in [1.54, 1.807) is 6.07 Å². The van der Waals surface area contributed by atoms with Crippen molar-refractivity contribution in [2.75, 3.05) is 19.0 Å². The number of carboxylic acid groups (broad SMARTS) is 1. The maximum absolute atomic E-state index is 10.4. The van der Waals surface area contributed by atoms with Crippen LogP contribution in [0.1, 0.15) is 5.56 Å². The molecule has 0 bridgehead atoms. The summed E-state index contributed by atoms with van der Waals surface area (Å²) >= 11 is 5.99. The SMILES string of the molecule is CN(C)c1cccc(Cl)c1/C=C/C(=O)O. The number of carboxylic acids is 1. The van der Waals surface area contributed by atoms with Crippen molar-refractivity contribution in [1.29, 1.82) is 0 Å². The first-order chi connectivity index (χ1) is 7.02. The van der Waals surface area contributed by atoms with E-state index in [9.17, 15) is 4.79 Å². The van der Waals surface area contributed by atoms with Gasteiger partial charge in [0.25, 0.3) is 0 Å². The number of aliphatic carboxylic acids is 1. The van der Waals surface area contributed by atoms with Crippen LogP contribution in [0.25, 0.3) is 6.08 Å². The number of hydrogen-bond donors (Lipinski definition) is 1. The van der Waals surface area contributed by atoms with E-state index in [0.29, 0.717) is 10.6 Å². The molecule has 0 aliphatic heterocycles. The monoisotopic (exact) mass is 225 g/mol. The second-order valence-corrected chi connectivity index (χ2v) is 3.65. The van der Waals surface area contributed by atoms with E-state index in [1.165, 1.54) is 6.08 Å². The molecule has 0 saturated carbocycles. The molecule has 0 atom stereocenters. The van der Waals surface area contributed by atoms with Gasteiger partial charge in [-0.15, -0.1) is 0 Å². The normalized spacial score (nSPS) is 10.6. The van der Waals surface area contributed by atoms with Gasteiger partial charge in [0.05, 0.1) is 0 Å². The fourth-order valence-corrected chi connectivity index (χ4v) is 1.47. The first-order valence-corrected chi connectivity index (χ1v) is 4.77. The quantitative estimate of drug-likeness (QED) is 0.804. The van der Waals surface area contributed by atoms with Crippen LogP contribution in [0.4, 0.5) is 5.69 Å². The highest BCUT2D eigenvalue weighted by Gasteiger charge is 2.05. The number of halogens is 1. The summed E-state index contributed by atoms with van der Waals surface area (Å²) in [5.74, 6) is -0.986. The summed E-state index contributed by atoms with van der Waals surface area (Å²) in [4.78, 5) is 12.3. The molecule has 0 aliphatic carbocycles. The molecule has 0 unspecified atom stereocenters. The lowest BCUT2D eigenvalue weighted by molar-refractivity contribution is -0.131. The Balaban J connectivity index is 3.19.